The topological polar surface area (TPSA) is 92.5 Å². The zero-order chi connectivity index (χ0) is 16.3. The highest BCUT2D eigenvalue weighted by atomic mass is 32.2. The van der Waals surface area contributed by atoms with Gasteiger partial charge in [0.25, 0.3) is 0 Å². The van der Waals surface area contributed by atoms with E-state index in [4.69, 9.17) is 5.73 Å². The van der Waals surface area contributed by atoms with E-state index in [0.717, 1.165) is 4.31 Å². The lowest BCUT2D eigenvalue weighted by Gasteiger charge is -2.13. The van der Waals surface area contributed by atoms with Crippen LogP contribution in [-0.4, -0.2) is 32.6 Å². The zero-order valence-corrected chi connectivity index (χ0v) is 13.1. The Kier molecular flexibility index (Phi) is 4.48. The Morgan fingerprint density at radius 2 is 1.64 bits per heavy atom. The highest BCUT2D eigenvalue weighted by Gasteiger charge is 2.15. The van der Waals surface area contributed by atoms with Crippen molar-refractivity contribution in [1.82, 2.24) is 4.31 Å². The van der Waals surface area contributed by atoms with Crippen molar-refractivity contribution >= 4 is 27.4 Å². The first-order valence-electron chi connectivity index (χ1n) is 6.50. The molecule has 3 N–H and O–H groups in total. The van der Waals surface area contributed by atoms with Crippen molar-refractivity contribution in [3.63, 3.8) is 0 Å². The monoisotopic (exact) mass is 319 g/mol. The Hall–Kier alpha value is -2.38. The summed E-state index contributed by atoms with van der Waals surface area (Å²) < 4.78 is 27.1. The molecule has 7 heteroatoms. The van der Waals surface area contributed by atoms with Crippen LogP contribution in [0.4, 0.5) is 11.4 Å². The number of nitrogens with zero attached hydrogens (tertiary/aromatic N) is 1. The van der Waals surface area contributed by atoms with Gasteiger partial charge in [-0.2, -0.15) is 12.7 Å². The minimum absolute atomic E-state index is 0.224. The van der Waals surface area contributed by atoms with Crippen molar-refractivity contribution in [2.75, 3.05) is 24.6 Å². The Labute approximate surface area is 129 Å². The molecular formula is C15H17N3O3S. The number of nitrogen functional groups attached to an aromatic ring is 1. The van der Waals surface area contributed by atoms with Crippen LogP contribution in [0, 0.1) is 0 Å². The predicted molar refractivity (Wildman–Crippen MR) is 87.0 cm³/mol. The van der Waals surface area contributed by atoms with Gasteiger partial charge < -0.3 is 5.73 Å². The van der Waals surface area contributed by atoms with Crippen molar-refractivity contribution in [1.29, 1.82) is 0 Å². The largest absolute Gasteiger partial charge is 0.399 e. The molecule has 0 amide bonds. The highest BCUT2D eigenvalue weighted by Crippen LogP contribution is 2.17. The molecule has 0 heterocycles. The third kappa shape index (κ3) is 3.63. The smallest absolute Gasteiger partial charge is 0.301 e. The van der Waals surface area contributed by atoms with E-state index < -0.39 is 10.2 Å². The maximum Gasteiger partial charge on any atom is 0.301 e. The Morgan fingerprint density at radius 3 is 2.23 bits per heavy atom. The molecule has 2 rings (SSSR count). The van der Waals surface area contributed by atoms with Gasteiger partial charge in [0, 0.05) is 30.9 Å². The van der Waals surface area contributed by atoms with Crippen LogP contribution >= 0.6 is 0 Å². The van der Waals surface area contributed by atoms with E-state index in [1.165, 1.54) is 20.2 Å². The molecular weight excluding hydrogens is 302 g/mol. The molecule has 0 saturated carbocycles. The van der Waals surface area contributed by atoms with Crippen LogP contribution < -0.4 is 10.5 Å². The van der Waals surface area contributed by atoms with Gasteiger partial charge in [-0.1, -0.05) is 24.3 Å². The maximum absolute atomic E-state index is 12.4. The number of hydrogen-bond acceptors (Lipinski definition) is 4. The lowest BCUT2D eigenvalue weighted by atomic mass is 10.0. The van der Waals surface area contributed by atoms with Crippen molar-refractivity contribution < 1.29 is 13.2 Å². The second kappa shape index (κ2) is 6.17. The molecule has 0 fully saturated rings. The zero-order valence-electron chi connectivity index (χ0n) is 12.3. The van der Waals surface area contributed by atoms with Gasteiger partial charge in [0.1, 0.15) is 0 Å². The summed E-state index contributed by atoms with van der Waals surface area (Å²) in [5.41, 5.74) is 7.32. The van der Waals surface area contributed by atoms with Crippen LogP contribution in [0.2, 0.25) is 0 Å². The lowest BCUT2D eigenvalue weighted by Crippen LogP contribution is -2.28. The number of rotatable bonds is 5. The molecule has 0 saturated heterocycles. The summed E-state index contributed by atoms with van der Waals surface area (Å²) in [6.45, 7) is 0. The molecule has 116 valence electrons. The van der Waals surface area contributed by atoms with Crippen LogP contribution in [0.3, 0.4) is 0 Å². The van der Waals surface area contributed by atoms with Crippen LogP contribution in [-0.2, 0) is 10.2 Å². The molecule has 0 aliphatic heterocycles. The third-order valence-electron chi connectivity index (χ3n) is 3.00. The fourth-order valence-corrected chi connectivity index (χ4v) is 2.42. The highest BCUT2D eigenvalue weighted by molar-refractivity contribution is 7.90. The maximum atomic E-state index is 12.4. The molecule has 0 radical (unpaired) electrons. The average Bonchev–Trinajstić information content (AvgIpc) is 2.46. The normalized spacial score (nSPS) is 11.4. The minimum Gasteiger partial charge on any atom is -0.399 e. The summed E-state index contributed by atoms with van der Waals surface area (Å²) in [7, 11) is -0.772. The average molecular weight is 319 g/mol. The molecule has 0 spiro atoms. The summed E-state index contributed by atoms with van der Waals surface area (Å²) in [5, 5.41) is 0. The summed E-state index contributed by atoms with van der Waals surface area (Å²) in [6.07, 6.45) is 0. The lowest BCUT2D eigenvalue weighted by molar-refractivity contribution is 0.103. The van der Waals surface area contributed by atoms with Gasteiger partial charge in [-0.15, -0.1) is 0 Å². The fraction of sp³-hybridized carbons (Fsp3) is 0.133. The van der Waals surface area contributed by atoms with Crippen LogP contribution in [0.25, 0.3) is 0 Å². The van der Waals surface area contributed by atoms with E-state index in [1.54, 1.807) is 42.5 Å². The van der Waals surface area contributed by atoms with E-state index in [0.29, 0.717) is 22.5 Å². The Bertz CT molecular complexity index is 801. The summed E-state index contributed by atoms with van der Waals surface area (Å²) in [5.74, 6) is -0.224. The molecule has 6 nitrogen and oxygen atoms in total. The van der Waals surface area contributed by atoms with E-state index in [-0.39, 0.29) is 5.78 Å². The predicted octanol–water partition coefficient (Wildman–Crippen LogP) is 1.72. The minimum atomic E-state index is -3.61. The summed E-state index contributed by atoms with van der Waals surface area (Å²) >= 11 is 0. The first-order chi connectivity index (χ1) is 10.3. The van der Waals surface area contributed by atoms with Crippen LogP contribution in [0.15, 0.2) is 48.5 Å². The Balaban J connectivity index is 2.31. The molecule has 2 aromatic rings. The molecule has 22 heavy (non-hydrogen) atoms. The number of nitrogens with one attached hydrogen (secondary N) is 1. The molecule has 0 aliphatic carbocycles. The van der Waals surface area contributed by atoms with Crippen LogP contribution in [0.1, 0.15) is 15.9 Å². The standard InChI is InChI=1S/C15H17N3O3S/c1-18(2)22(20,21)17-14-8-4-6-12(10-14)15(19)11-5-3-7-13(16)9-11/h3-10,17H,16H2,1-2H3. The number of anilines is 2. The summed E-state index contributed by atoms with van der Waals surface area (Å²) in [4.78, 5) is 12.4. The van der Waals surface area contributed by atoms with E-state index in [9.17, 15) is 13.2 Å². The van der Waals surface area contributed by atoms with Gasteiger partial charge >= 0.3 is 10.2 Å². The number of hydrogen-bond donors (Lipinski definition) is 2. The van der Waals surface area contributed by atoms with Crippen molar-refractivity contribution in [3.8, 4) is 0 Å². The quantitative estimate of drug-likeness (QED) is 0.648. The van der Waals surface area contributed by atoms with Crippen molar-refractivity contribution in [3.05, 3.63) is 59.7 Å². The van der Waals surface area contributed by atoms with E-state index in [1.807, 2.05) is 0 Å². The molecule has 0 bridgehead atoms. The number of benzene rings is 2. The number of carbonyl (C=O) groups is 1. The number of nitrogens with two attached hydrogens (primary N) is 1. The van der Waals surface area contributed by atoms with E-state index in [2.05, 4.69) is 4.72 Å². The molecule has 2 aromatic carbocycles. The first-order valence-corrected chi connectivity index (χ1v) is 7.94. The molecule has 0 aromatic heterocycles. The third-order valence-corrected chi connectivity index (χ3v) is 4.46. The van der Waals surface area contributed by atoms with Gasteiger partial charge in [0.05, 0.1) is 5.69 Å². The molecule has 0 unspecified atom stereocenters. The van der Waals surface area contributed by atoms with Crippen LogP contribution in [0.5, 0.6) is 0 Å². The number of carbonyl (C=O) groups excluding carboxylic acids is 1. The fourth-order valence-electron chi connectivity index (χ4n) is 1.81. The summed E-state index contributed by atoms with van der Waals surface area (Å²) in [6, 6.07) is 12.9. The van der Waals surface area contributed by atoms with Gasteiger partial charge in [-0.05, 0) is 24.3 Å². The first kappa shape index (κ1) is 16.0. The number of ketones is 1. The second-order valence-corrected chi connectivity index (χ2v) is 6.81. The molecule has 0 aliphatic rings. The van der Waals surface area contributed by atoms with Gasteiger partial charge in [-0.25, -0.2) is 0 Å². The SMILES string of the molecule is CN(C)S(=O)(=O)Nc1cccc(C(=O)c2cccc(N)c2)c1. The van der Waals surface area contributed by atoms with Crippen molar-refractivity contribution in [2.45, 2.75) is 0 Å². The Morgan fingerprint density at radius 1 is 1.05 bits per heavy atom. The second-order valence-electron chi connectivity index (χ2n) is 4.92. The van der Waals surface area contributed by atoms with Gasteiger partial charge in [0.2, 0.25) is 0 Å². The molecule has 0 atom stereocenters. The van der Waals surface area contributed by atoms with Crippen molar-refractivity contribution in [2.24, 2.45) is 0 Å². The van der Waals surface area contributed by atoms with Gasteiger partial charge in [-0.3, -0.25) is 9.52 Å². The van der Waals surface area contributed by atoms with E-state index >= 15 is 0 Å². The van der Waals surface area contributed by atoms with Gasteiger partial charge in [0.15, 0.2) is 5.78 Å².